The average Bonchev–Trinajstić information content (AvgIpc) is 2.82. The number of thioether (sulfide) groups is 1. The van der Waals surface area contributed by atoms with E-state index in [1.165, 1.54) is 23.9 Å². The fourth-order valence-electron chi connectivity index (χ4n) is 1.39. The first-order valence-electron chi connectivity index (χ1n) is 5.62. The number of halogens is 1. The molecule has 0 spiro atoms. The van der Waals surface area contributed by atoms with Crippen LogP contribution in [0.2, 0.25) is 0 Å². The van der Waals surface area contributed by atoms with Gasteiger partial charge in [0.2, 0.25) is 5.89 Å². The molecule has 0 aliphatic heterocycles. The topological polar surface area (TPSA) is 51.0 Å². The molecule has 18 heavy (non-hydrogen) atoms. The molecule has 0 fully saturated rings. The minimum atomic E-state index is -0.233. The molecule has 0 radical (unpaired) electrons. The molecule has 1 aromatic heterocycles. The minimum Gasteiger partial charge on any atom is -0.339 e. The fraction of sp³-hybridized carbons (Fsp3) is 0.333. The Kier molecular flexibility index (Phi) is 4.72. The standard InChI is InChI=1S/C12H14FN3OS/c1-14-6-5-12-15-11(16-17-12)8-18-10-4-2-3-9(13)7-10/h2-4,7,14H,5-6,8H2,1H3. The van der Waals surface area contributed by atoms with E-state index in [1.807, 2.05) is 13.1 Å². The van der Waals surface area contributed by atoms with Crippen LogP contribution in [0.25, 0.3) is 0 Å². The van der Waals surface area contributed by atoms with Crippen molar-refractivity contribution in [3.63, 3.8) is 0 Å². The number of aromatic nitrogens is 2. The van der Waals surface area contributed by atoms with E-state index >= 15 is 0 Å². The van der Waals surface area contributed by atoms with Crippen molar-refractivity contribution >= 4 is 11.8 Å². The second kappa shape index (κ2) is 6.51. The van der Waals surface area contributed by atoms with Gasteiger partial charge < -0.3 is 9.84 Å². The molecular weight excluding hydrogens is 253 g/mol. The molecule has 0 saturated heterocycles. The molecule has 2 rings (SSSR count). The summed E-state index contributed by atoms with van der Waals surface area (Å²) in [5.74, 6) is 1.60. The predicted octanol–water partition coefficient (Wildman–Crippen LogP) is 2.26. The zero-order valence-corrected chi connectivity index (χ0v) is 10.8. The van der Waals surface area contributed by atoms with Crippen LogP contribution >= 0.6 is 11.8 Å². The van der Waals surface area contributed by atoms with Crippen LogP contribution in [-0.2, 0) is 12.2 Å². The third-order valence-electron chi connectivity index (χ3n) is 2.26. The van der Waals surface area contributed by atoms with Crippen molar-refractivity contribution in [3.05, 3.63) is 41.8 Å². The second-order valence-electron chi connectivity index (χ2n) is 3.70. The molecule has 0 aliphatic rings. The summed E-state index contributed by atoms with van der Waals surface area (Å²) < 4.78 is 18.1. The maximum Gasteiger partial charge on any atom is 0.227 e. The number of benzene rings is 1. The summed E-state index contributed by atoms with van der Waals surface area (Å²) in [6, 6.07) is 6.46. The lowest BCUT2D eigenvalue weighted by atomic mass is 10.4. The maximum absolute atomic E-state index is 13.0. The Labute approximate surface area is 109 Å². The van der Waals surface area contributed by atoms with Crippen LogP contribution < -0.4 is 5.32 Å². The van der Waals surface area contributed by atoms with E-state index in [2.05, 4.69) is 15.5 Å². The summed E-state index contributed by atoms with van der Waals surface area (Å²) >= 11 is 1.48. The highest BCUT2D eigenvalue weighted by atomic mass is 32.2. The van der Waals surface area contributed by atoms with E-state index in [1.54, 1.807) is 6.07 Å². The lowest BCUT2D eigenvalue weighted by molar-refractivity contribution is 0.373. The van der Waals surface area contributed by atoms with Gasteiger partial charge in [-0.2, -0.15) is 4.98 Å². The molecular formula is C12H14FN3OS. The van der Waals surface area contributed by atoms with Crippen molar-refractivity contribution in [2.24, 2.45) is 0 Å². The molecule has 96 valence electrons. The van der Waals surface area contributed by atoms with Crippen LogP contribution in [0.1, 0.15) is 11.7 Å². The number of nitrogens with zero attached hydrogens (tertiary/aromatic N) is 2. The van der Waals surface area contributed by atoms with E-state index in [4.69, 9.17) is 4.52 Å². The van der Waals surface area contributed by atoms with Crippen molar-refractivity contribution < 1.29 is 8.91 Å². The highest BCUT2D eigenvalue weighted by Crippen LogP contribution is 2.21. The molecule has 0 unspecified atom stereocenters. The molecule has 1 N–H and O–H groups in total. The molecule has 1 aromatic carbocycles. The van der Waals surface area contributed by atoms with Gasteiger partial charge in [0.25, 0.3) is 0 Å². The smallest absolute Gasteiger partial charge is 0.227 e. The minimum absolute atomic E-state index is 0.233. The van der Waals surface area contributed by atoms with E-state index in [9.17, 15) is 4.39 Å². The van der Waals surface area contributed by atoms with Crippen LogP contribution in [0.3, 0.4) is 0 Å². The van der Waals surface area contributed by atoms with Gasteiger partial charge in [-0.1, -0.05) is 11.2 Å². The van der Waals surface area contributed by atoms with Crippen LogP contribution in [0.4, 0.5) is 4.39 Å². The van der Waals surface area contributed by atoms with E-state index in [0.717, 1.165) is 11.4 Å². The van der Waals surface area contributed by atoms with Gasteiger partial charge in [0.05, 0.1) is 5.75 Å². The summed E-state index contributed by atoms with van der Waals surface area (Å²) in [4.78, 5) is 5.11. The molecule has 0 atom stereocenters. The van der Waals surface area contributed by atoms with Crippen LogP contribution in [0.15, 0.2) is 33.7 Å². The Morgan fingerprint density at radius 2 is 2.33 bits per heavy atom. The molecule has 0 bridgehead atoms. The van der Waals surface area contributed by atoms with E-state index in [-0.39, 0.29) is 5.82 Å². The molecule has 6 heteroatoms. The van der Waals surface area contributed by atoms with Crippen LogP contribution in [0.5, 0.6) is 0 Å². The zero-order valence-electron chi connectivity index (χ0n) is 10.0. The third kappa shape index (κ3) is 3.82. The first kappa shape index (κ1) is 13.0. The fourth-order valence-corrected chi connectivity index (χ4v) is 2.17. The van der Waals surface area contributed by atoms with Crippen molar-refractivity contribution in [1.29, 1.82) is 0 Å². The summed E-state index contributed by atoms with van der Waals surface area (Å²) in [6.07, 6.45) is 0.716. The Bertz CT molecular complexity index is 504. The largest absolute Gasteiger partial charge is 0.339 e. The SMILES string of the molecule is CNCCc1nc(CSc2cccc(F)c2)no1. The molecule has 2 aromatic rings. The Hall–Kier alpha value is -1.40. The summed E-state index contributed by atoms with van der Waals surface area (Å²) in [6.45, 7) is 0.804. The first-order valence-corrected chi connectivity index (χ1v) is 6.61. The van der Waals surface area contributed by atoms with Crippen molar-refractivity contribution in [3.8, 4) is 0 Å². The van der Waals surface area contributed by atoms with Gasteiger partial charge in [-0.05, 0) is 25.2 Å². The summed E-state index contributed by atoms with van der Waals surface area (Å²) in [7, 11) is 1.87. The molecule has 0 saturated carbocycles. The van der Waals surface area contributed by atoms with Gasteiger partial charge in [-0.3, -0.25) is 0 Å². The van der Waals surface area contributed by atoms with Crippen molar-refractivity contribution in [2.45, 2.75) is 17.1 Å². The molecule has 0 amide bonds. The van der Waals surface area contributed by atoms with E-state index < -0.39 is 0 Å². The molecule has 4 nitrogen and oxygen atoms in total. The Morgan fingerprint density at radius 1 is 1.44 bits per heavy atom. The third-order valence-corrected chi connectivity index (χ3v) is 3.25. The van der Waals surface area contributed by atoms with Gasteiger partial charge in [-0.15, -0.1) is 11.8 Å². The first-order chi connectivity index (χ1) is 8.78. The van der Waals surface area contributed by atoms with Crippen molar-refractivity contribution in [1.82, 2.24) is 15.5 Å². The summed E-state index contributed by atoms with van der Waals surface area (Å²) in [5.41, 5.74) is 0. The quantitative estimate of drug-likeness (QED) is 0.814. The van der Waals surface area contributed by atoms with E-state index in [0.29, 0.717) is 23.9 Å². The predicted molar refractivity (Wildman–Crippen MR) is 67.9 cm³/mol. The number of hydrogen-bond donors (Lipinski definition) is 1. The van der Waals surface area contributed by atoms with Gasteiger partial charge in [0.1, 0.15) is 5.82 Å². The number of hydrogen-bond acceptors (Lipinski definition) is 5. The number of likely N-dealkylation sites (N-methyl/N-ethyl adjacent to an activating group) is 1. The van der Waals surface area contributed by atoms with Gasteiger partial charge in [0, 0.05) is 17.9 Å². The maximum atomic E-state index is 13.0. The average molecular weight is 267 g/mol. The second-order valence-corrected chi connectivity index (χ2v) is 4.75. The Balaban J connectivity index is 1.88. The highest BCUT2D eigenvalue weighted by molar-refractivity contribution is 7.98. The zero-order chi connectivity index (χ0) is 12.8. The van der Waals surface area contributed by atoms with Gasteiger partial charge in [0.15, 0.2) is 5.82 Å². The van der Waals surface area contributed by atoms with Gasteiger partial charge in [-0.25, -0.2) is 4.39 Å². The van der Waals surface area contributed by atoms with Gasteiger partial charge >= 0.3 is 0 Å². The molecule has 0 aliphatic carbocycles. The highest BCUT2D eigenvalue weighted by Gasteiger charge is 2.06. The normalized spacial score (nSPS) is 10.8. The monoisotopic (exact) mass is 267 g/mol. The van der Waals surface area contributed by atoms with Crippen LogP contribution in [0, 0.1) is 5.82 Å². The number of rotatable bonds is 6. The lowest BCUT2D eigenvalue weighted by Gasteiger charge is -1.97. The lowest BCUT2D eigenvalue weighted by Crippen LogP contribution is -2.10. The number of nitrogens with one attached hydrogen (secondary N) is 1. The molecule has 1 heterocycles. The van der Waals surface area contributed by atoms with Crippen LogP contribution in [-0.4, -0.2) is 23.7 Å². The Morgan fingerprint density at radius 3 is 3.11 bits per heavy atom. The van der Waals surface area contributed by atoms with Crippen molar-refractivity contribution in [2.75, 3.05) is 13.6 Å². The summed E-state index contributed by atoms with van der Waals surface area (Å²) in [5, 5.41) is 6.89.